The van der Waals surface area contributed by atoms with Gasteiger partial charge in [0.05, 0.1) is 17.0 Å². The number of carbonyl (C=O) groups excluding carboxylic acids is 1. The van der Waals surface area contributed by atoms with Crippen molar-refractivity contribution in [1.82, 2.24) is 15.2 Å². The number of carboxylic acids is 1. The van der Waals surface area contributed by atoms with Crippen molar-refractivity contribution < 1.29 is 14.7 Å². The van der Waals surface area contributed by atoms with Crippen LogP contribution in [0.1, 0.15) is 16.1 Å². The van der Waals surface area contributed by atoms with Crippen LogP contribution in [0.3, 0.4) is 0 Å². The van der Waals surface area contributed by atoms with E-state index in [4.69, 9.17) is 5.11 Å². The fourth-order valence-electron chi connectivity index (χ4n) is 1.54. The minimum absolute atomic E-state index is 0.00406. The van der Waals surface area contributed by atoms with E-state index < -0.39 is 11.9 Å². The Morgan fingerprint density at radius 1 is 1.32 bits per heavy atom. The van der Waals surface area contributed by atoms with E-state index in [0.717, 1.165) is 11.8 Å². The average Bonchev–Trinajstić information content (AvgIpc) is 2.49. The number of aromatic nitrogens is 3. The number of thioether (sulfide) groups is 1. The van der Waals surface area contributed by atoms with Gasteiger partial charge >= 0.3 is 5.97 Å². The molecule has 3 N–H and O–H groups in total. The monoisotopic (exact) mass is 320 g/mol. The fraction of sp³-hybridized carbons (Fsp3) is 0.154. The third kappa shape index (κ3) is 3.92. The largest absolute Gasteiger partial charge is 0.478 e. The first-order valence-corrected chi connectivity index (χ1v) is 7.14. The predicted molar refractivity (Wildman–Crippen MR) is 80.1 cm³/mol. The first kappa shape index (κ1) is 15.7. The second kappa shape index (κ2) is 6.85. The van der Waals surface area contributed by atoms with E-state index in [-0.39, 0.29) is 33.4 Å². The molecule has 0 bridgehead atoms. The summed E-state index contributed by atoms with van der Waals surface area (Å²) in [7, 11) is 0. The number of carboxylic acid groups (broad SMARTS) is 1. The molecule has 0 spiro atoms. The lowest BCUT2D eigenvalue weighted by atomic mass is 10.2. The van der Waals surface area contributed by atoms with Gasteiger partial charge in [-0.15, -0.1) is 10.2 Å². The molecule has 0 aliphatic carbocycles. The molecule has 1 aromatic carbocycles. The number of hydrogen-bond donors (Lipinski definition) is 3. The van der Waals surface area contributed by atoms with Crippen molar-refractivity contribution in [3.63, 3.8) is 0 Å². The molecular formula is C13H12N4O4S. The molecule has 2 aromatic rings. The lowest BCUT2D eigenvalue weighted by molar-refractivity contribution is -0.113. The standard InChI is InChI=1S/C13H12N4O4S/c1-7-11(19)15-13(17-16-7)22-6-10(18)14-9-5-3-2-4-8(9)12(20)21/h2-5H,6H2,1H3,(H,14,18)(H,20,21)(H,15,17,19). The average molecular weight is 320 g/mol. The summed E-state index contributed by atoms with van der Waals surface area (Å²) in [6.07, 6.45) is 0. The zero-order valence-electron chi connectivity index (χ0n) is 11.5. The summed E-state index contributed by atoms with van der Waals surface area (Å²) in [5.74, 6) is -1.58. The van der Waals surface area contributed by atoms with Gasteiger partial charge in [-0.05, 0) is 19.1 Å². The number of benzene rings is 1. The Bertz CT molecular complexity index is 775. The van der Waals surface area contributed by atoms with Gasteiger partial charge in [0, 0.05) is 0 Å². The lowest BCUT2D eigenvalue weighted by Crippen LogP contribution is -2.18. The van der Waals surface area contributed by atoms with E-state index in [1.54, 1.807) is 12.1 Å². The third-order valence-electron chi connectivity index (χ3n) is 2.61. The van der Waals surface area contributed by atoms with Gasteiger partial charge in [0.2, 0.25) is 5.91 Å². The summed E-state index contributed by atoms with van der Waals surface area (Å²) >= 11 is 0.996. The normalized spacial score (nSPS) is 10.2. The van der Waals surface area contributed by atoms with Crippen LogP contribution in [-0.2, 0) is 4.79 Å². The molecule has 1 heterocycles. The van der Waals surface area contributed by atoms with Crippen molar-refractivity contribution in [3.8, 4) is 0 Å². The zero-order valence-corrected chi connectivity index (χ0v) is 12.3. The molecular weight excluding hydrogens is 308 g/mol. The van der Waals surface area contributed by atoms with Crippen molar-refractivity contribution in [2.45, 2.75) is 12.1 Å². The lowest BCUT2D eigenvalue weighted by Gasteiger charge is -2.07. The number of aromatic carboxylic acids is 1. The van der Waals surface area contributed by atoms with Crippen LogP contribution in [0.15, 0.2) is 34.2 Å². The van der Waals surface area contributed by atoms with Crippen LogP contribution in [0.5, 0.6) is 0 Å². The molecule has 0 aliphatic heterocycles. The van der Waals surface area contributed by atoms with Crippen molar-refractivity contribution in [3.05, 3.63) is 45.9 Å². The second-order valence-corrected chi connectivity index (χ2v) is 5.20. The number of H-pyrrole nitrogens is 1. The maximum absolute atomic E-state index is 11.8. The molecule has 0 saturated carbocycles. The number of hydrogen-bond acceptors (Lipinski definition) is 6. The third-order valence-corrected chi connectivity index (χ3v) is 3.48. The number of rotatable bonds is 5. The van der Waals surface area contributed by atoms with E-state index in [2.05, 4.69) is 20.5 Å². The summed E-state index contributed by atoms with van der Waals surface area (Å²) < 4.78 is 0. The maximum atomic E-state index is 11.8. The van der Waals surface area contributed by atoms with Crippen LogP contribution < -0.4 is 10.9 Å². The molecule has 0 unspecified atom stereocenters. The van der Waals surface area contributed by atoms with Crippen LogP contribution in [-0.4, -0.2) is 37.9 Å². The first-order valence-electron chi connectivity index (χ1n) is 6.16. The molecule has 1 aromatic heterocycles. The summed E-state index contributed by atoms with van der Waals surface area (Å²) in [5, 5.41) is 19.2. The topological polar surface area (TPSA) is 125 Å². The number of amides is 1. The summed E-state index contributed by atoms with van der Waals surface area (Å²) in [6.45, 7) is 1.52. The Hall–Kier alpha value is -2.68. The van der Waals surface area contributed by atoms with E-state index in [1.807, 2.05) is 0 Å². The molecule has 0 atom stereocenters. The quantitative estimate of drug-likeness (QED) is 0.699. The van der Waals surface area contributed by atoms with Gasteiger partial charge in [-0.3, -0.25) is 14.6 Å². The highest BCUT2D eigenvalue weighted by Gasteiger charge is 2.12. The number of anilines is 1. The number of aryl methyl sites for hydroxylation is 1. The predicted octanol–water partition coefficient (Wildman–Crippen LogP) is 0.902. The molecule has 2 rings (SSSR count). The van der Waals surface area contributed by atoms with Crippen molar-refractivity contribution in [2.75, 3.05) is 11.1 Å². The molecule has 22 heavy (non-hydrogen) atoms. The molecule has 9 heteroatoms. The number of carbonyl (C=O) groups is 2. The van der Waals surface area contributed by atoms with Gasteiger partial charge in [-0.1, -0.05) is 23.9 Å². The Morgan fingerprint density at radius 3 is 2.73 bits per heavy atom. The van der Waals surface area contributed by atoms with Crippen molar-refractivity contribution >= 4 is 29.3 Å². The van der Waals surface area contributed by atoms with Gasteiger partial charge in [-0.2, -0.15) is 0 Å². The highest BCUT2D eigenvalue weighted by atomic mass is 32.2. The molecule has 1 amide bonds. The summed E-state index contributed by atoms with van der Waals surface area (Å²) in [4.78, 5) is 36.7. The Balaban J connectivity index is 2.00. The van der Waals surface area contributed by atoms with E-state index in [1.165, 1.54) is 19.1 Å². The highest BCUT2D eigenvalue weighted by molar-refractivity contribution is 7.99. The minimum Gasteiger partial charge on any atom is -0.478 e. The Kier molecular flexibility index (Phi) is 4.89. The summed E-state index contributed by atoms with van der Waals surface area (Å²) in [5.41, 5.74) is 0.0896. The van der Waals surface area contributed by atoms with Gasteiger partial charge in [0.25, 0.3) is 5.56 Å². The molecule has 114 valence electrons. The summed E-state index contributed by atoms with van der Waals surface area (Å²) in [6, 6.07) is 6.09. The van der Waals surface area contributed by atoms with E-state index in [9.17, 15) is 14.4 Å². The SMILES string of the molecule is Cc1nnc(SCC(=O)Nc2ccccc2C(=O)O)[nH]c1=O. The number of para-hydroxylation sites is 1. The van der Waals surface area contributed by atoms with Gasteiger partial charge < -0.3 is 10.4 Å². The first-order chi connectivity index (χ1) is 10.5. The minimum atomic E-state index is -1.13. The van der Waals surface area contributed by atoms with E-state index >= 15 is 0 Å². The van der Waals surface area contributed by atoms with E-state index in [0.29, 0.717) is 0 Å². The number of nitrogens with zero attached hydrogens (tertiary/aromatic N) is 2. The molecule has 0 fully saturated rings. The van der Waals surface area contributed by atoms with Crippen LogP contribution >= 0.6 is 11.8 Å². The molecule has 0 saturated heterocycles. The number of aromatic amines is 1. The van der Waals surface area contributed by atoms with Crippen LogP contribution in [0.2, 0.25) is 0 Å². The zero-order chi connectivity index (χ0) is 16.1. The maximum Gasteiger partial charge on any atom is 0.337 e. The molecule has 8 nitrogen and oxygen atoms in total. The van der Waals surface area contributed by atoms with Crippen LogP contribution in [0, 0.1) is 6.92 Å². The highest BCUT2D eigenvalue weighted by Crippen LogP contribution is 2.16. The van der Waals surface area contributed by atoms with Crippen molar-refractivity contribution in [1.29, 1.82) is 0 Å². The second-order valence-electron chi connectivity index (χ2n) is 4.23. The van der Waals surface area contributed by atoms with Crippen LogP contribution in [0.4, 0.5) is 5.69 Å². The number of nitrogens with one attached hydrogen (secondary N) is 2. The van der Waals surface area contributed by atoms with Gasteiger partial charge in [0.15, 0.2) is 5.16 Å². The smallest absolute Gasteiger partial charge is 0.337 e. The van der Waals surface area contributed by atoms with Crippen LogP contribution in [0.25, 0.3) is 0 Å². The van der Waals surface area contributed by atoms with Gasteiger partial charge in [0.1, 0.15) is 5.69 Å². The molecule has 0 radical (unpaired) electrons. The van der Waals surface area contributed by atoms with Gasteiger partial charge in [-0.25, -0.2) is 4.79 Å². The molecule has 0 aliphatic rings. The Morgan fingerprint density at radius 2 is 2.05 bits per heavy atom. The Labute approximate surface area is 129 Å². The fourth-order valence-corrected chi connectivity index (χ4v) is 2.15. The van der Waals surface area contributed by atoms with Crippen molar-refractivity contribution in [2.24, 2.45) is 0 Å².